The molecule has 0 saturated carbocycles. The van der Waals surface area contributed by atoms with Crippen LogP contribution in [0.3, 0.4) is 0 Å². The Morgan fingerprint density at radius 2 is 0.911 bits per heavy atom. The van der Waals surface area contributed by atoms with Gasteiger partial charge in [-0.1, -0.05) is 107 Å². The van der Waals surface area contributed by atoms with Gasteiger partial charge in [0.2, 0.25) is 0 Å². The Morgan fingerprint density at radius 3 is 1.22 bits per heavy atom. The number of aryl methyl sites for hydroxylation is 2. The fourth-order valence-electron chi connectivity index (χ4n) is 5.63. The molecule has 252 valence electrons. The molecule has 0 radical (unpaired) electrons. The second-order valence-electron chi connectivity index (χ2n) is 16.4. The molecule has 0 heterocycles. The lowest BCUT2D eigenvalue weighted by atomic mass is 9.75. The highest BCUT2D eigenvalue weighted by Crippen LogP contribution is 2.40. The summed E-state index contributed by atoms with van der Waals surface area (Å²) >= 11 is 1.61. The van der Waals surface area contributed by atoms with Crippen molar-refractivity contribution in [2.45, 2.75) is 137 Å². The Kier molecular flexibility index (Phi) is 13.3. The number of ether oxygens (including phenoxy) is 2. The number of carbonyl (C=O) groups excluding carboxylic acids is 2. The third-order valence-corrected chi connectivity index (χ3v) is 9.00. The summed E-state index contributed by atoms with van der Waals surface area (Å²) in [6, 6.07) is 8.54. The first-order chi connectivity index (χ1) is 20.5. The zero-order valence-corrected chi connectivity index (χ0v) is 31.3. The van der Waals surface area contributed by atoms with Crippen molar-refractivity contribution in [3.63, 3.8) is 0 Å². The van der Waals surface area contributed by atoms with E-state index < -0.39 is 0 Å². The highest BCUT2D eigenvalue weighted by Gasteiger charge is 2.27. The predicted molar refractivity (Wildman–Crippen MR) is 190 cm³/mol. The van der Waals surface area contributed by atoms with E-state index in [2.05, 4.69) is 102 Å². The molecule has 6 heteroatoms. The van der Waals surface area contributed by atoms with Gasteiger partial charge in [-0.15, -0.1) is 0 Å². The van der Waals surface area contributed by atoms with Crippen molar-refractivity contribution in [3.8, 4) is 5.75 Å². The van der Waals surface area contributed by atoms with Crippen LogP contribution in [-0.4, -0.2) is 41.8 Å². The van der Waals surface area contributed by atoms with Crippen molar-refractivity contribution in [1.29, 1.82) is 0 Å². The zero-order valence-electron chi connectivity index (χ0n) is 30.5. The van der Waals surface area contributed by atoms with E-state index >= 15 is 0 Å². The maximum absolute atomic E-state index is 12.5. The topological polar surface area (TPSA) is 72.8 Å². The van der Waals surface area contributed by atoms with E-state index in [4.69, 9.17) is 9.47 Å². The Bertz CT molecular complexity index is 1140. The van der Waals surface area contributed by atoms with E-state index in [0.29, 0.717) is 49.7 Å². The van der Waals surface area contributed by atoms with Crippen molar-refractivity contribution in [2.75, 3.05) is 24.7 Å². The molecule has 0 amide bonds. The summed E-state index contributed by atoms with van der Waals surface area (Å²) < 4.78 is 10.9. The largest absolute Gasteiger partial charge is 0.507 e. The van der Waals surface area contributed by atoms with Crippen molar-refractivity contribution in [2.24, 2.45) is 0 Å². The summed E-state index contributed by atoms with van der Waals surface area (Å²) in [6.45, 7) is 28.8. The van der Waals surface area contributed by atoms with Crippen molar-refractivity contribution in [3.05, 3.63) is 63.2 Å². The van der Waals surface area contributed by atoms with Gasteiger partial charge < -0.3 is 14.6 Å². The van der Waals surface area contributed by atoms with Crippen LogP contribution in [-0.2, 0) is 53.6 Å². The van der Waals surface area contributed by atoms with E-state index in [9.17, 15) is 14.7 Å². The van der Waals surface area contributed by atoms with Gasteiger partial charge in [-0.05, 0) is 80.4 Å². The zero-order chi connectivity index (χ0) is 34.4. The molecule has 2 rings (SSSR count). The van der Waals surface area contributed by atoms with Crippen LogP contribution < -0.4 is 0 Å². The highest BCUT2D eigenvalue weighted by atomic mass is 32.2. The number of thioether (sulfide) groups is 1. The van der Waals surface area contributed by atoms with Crippen LogP contribution in [0.4, 0.5) is 0 Å². The van der Waals surface area contributed by atoms with Gasteiger partial charge in [-0.25, -0.2) is 0 Å². The molecule has 0 spiro atoms. The molecule has 0 aromatic heterocycles. The van der Waals surface area contributed by atoms with Gasteiger partial charge in [-0.2, -0.15) is 11.8 Å². The molecule has 1 N–H and O–H groups in total. The minimum atomic E-state index is -0.231. The molecule has 2 aromatic carbocycles. The second-order valence-corrected chi connectivity index (χ2v) is 17.6. The van der Waals surface area contributed by atoms with Gasteiger partial charge in [0.15, 0.2) is 0 Å². The average Bonchev–Trinajstić information content (AvgIpc) is 2.88. The first-order valence-electron chi connectivity index (χ1n) is 16.4. The number of hydrogen-bond donors (Lipinski definition) is 1. The Hall–Kier alpha value is -2.47. The van der Waals surface area contributed by atoms with Crippen LogP contribution in [0, 0.1) is 6.92 Å². The van der Waals surface area contributed by atoms with Crippen LogP contribution >= 0.6 is 11.8 Å². The van der Waals surface area contributed by atoms with Crippen LogP contribution in [0.5, 0.6) is 5.75 Å². The number of aromatic hydroxyl groups is 1. The fraction of sp³-hybridized carbons (Fsp3) is 0.641. The Balaban J connectivity index is 1.75. The van der Waals surface area contributed by atoms with Crippen LogP contribution in [0.15, 0.2) is 24.3 Å². The van der Waals surface area contributed by atoms with E-state index in [0.717, 1.165) is 16.7 Å². The standard InChI is InChI=1S/C39H60O5S/c1-26-29(36(2,3)4)22-27(23-30(26)37(5,6)7)14-16-33(40)43-18-20-45-21-19-44-34(41)17-15-28-24-31(38(8,9)10)35(42)32(25-28)39(11,12)13/h22-25,42H,14-21H2,1-13H3. The Labute approximate surface area is 278 Å². The summed E-state index contributed by atoms with van der Waals surface area (Å²) in [5.41, 5.74) is 7.66. The quantitative estimate of drug-likeness (QED) is 0.184. The fourth-order valence-corrected chi connectivity index (χ4v) is 6.23. The molecule has 45 heavy (non-hydrogen) atoms. The minimum absolute atomic E-state index is 0.0330. The smallest absolute Gasteiger partial charge is 0.306 e. The summed E-state index contributed by atoms with van der Waals surface area (Å²) in [4.78, 5) is 24.9. The number of esters is 2. The molecule has 0 bridgehead atoms. The molecule has 0 fully saturated rings. The monoisotopic (exact) mass is 640 g/mol. The average molecular weight is 641 g/mol. The summed E-state index contributed by atoms with van der Waals surface area (Å²) in [6.07, 6.45) is 1.86. The van der Waals surface area contributed by atoms with Crippen LogP contribution in [0.2, 0.25) is 0 Å². The SMILES string of the molecule is Cc1c(C(C)(C)C)cc(CCC(=O)OCCSCCOC(=O)CCc2cc(C(C)(C)C)c(O)c(C(C)(C)C)c2)cc1C(C)(C)C. The maximum atomic E-state index is 12.5. The summed E-state index contributed by atoms with van der Waals surface area (Å²) in [5.74, 6) is 1.24. The number of phenols is 1. The lowest BCUT2D eigenvalue weighted by Crippen LogP contribution is -2.20. The van der Waals surface area contributed by atoms with Crippen molar-refractivity contribution >= 4 is 23.7 Å². The van der Waals surface area contributed by atoms with Crippen molar-refractivity contribution in [1.82, 2.24) is 0 Å². The van der Waals surface area contributed by atoms with Gasteiger partial charge in [0.25, 0.3) is 0 Å². The minimum Gasteiger partial charge on any atom is -0.507 e. The molecule has 0 saturated heterocycles. The molecular weight excluding hydrogens is 580 g/mol. The number of carbonyl (C=O) groups is 2. The number of hydrogen-bond acceptors (Lipinski definition) is 6. The van der Waals surface area contributed by atoms with E-state index in [-0.39, 0.29) is 40.0 Å². The van der Waals surface area contributed by atoms with Gasteiger partial charge in [0, 0.05) is 24.3 Å². The first-order valence-corrected chi connectivity index (χ1v) is 17.6. The van der Waals surface area contributed by atoms with E-state index in [1.807, 2.05) is 12.1 Å². The number of benzene rings is 2. The number of phenolic OH excluding ortho intramolecular Hbond substituents is 1. The Morgan fingerprint density at radius 1 is 0.600 bits per heavy atom. The van der Waals surface area contributed by atoms with Gasteiger partial charge >= 0.3 is 11.9 Å². The van der Waals surface area contributed by atoms with Crippen LogP contribution in [0.25, 0.3) is 0 Å². The third-order valence-electron chi connectivity index (χ3n) is 8.09. The van der Waals surface area contributed by atoms with Crippen molar-refractivity contribution < 1.29 is 24.2 Å². The van der Waals surface area contributed by atoms with Gasteiger partial charge in [-0.3, -0.25) is 9.59 Å². The summed E-state index contributed by atoms with van der Waals surface area (Å²) in [5, 5.41) is 10.9. The third kappa shape index (κ3) is 12.0. The molecular formula is C39H60O5S. The predicted octanol–water partition coefficient (Wildman–Crippen LogP) is 9.28. The van der Waals surface area contributed by atoms with E-state index in [1.165, 1.54) is 22.3 Å². The molecule has 2 aromatic rings. The lowest BCUT2D eigenvalue weighted by Gasteiger charge is -2.30. The number of rotatable bonds is 12. The molecule has 0 atom stereocenters. The molecule has 5 nitrogen and oxygen atoms in total. The van der Waals surface area contributed by atoms with Crippen LogP contribution in [0.1, 0.15) is 135 Å². The first kappa shape index (κ1) is 38.7. The van der Waals surface area contributed by atoms with Gasteiger partial charge in [0.1, 0.15) is 19.0 Å². The normalized spacial score (nSPS) is 12.7. The second kappa shape index (κ2) is 15.4. The molecule has 0 aliphatic carbocycles. The lowest BCUT2D eigenvalue weighted by molar-refractivity contribution is -0.143. The molecule has 0 aliphatic rings. The van der Waals surface area contributed by atoms with Gasteiger partial charge in [0.05, 0.1) is 0 Å². The summed E-state index contributed by atoms with van der Waals surface area (Å²) in [7, 11) is 0. The maximum Gasteiger partial charge on any atom is 0.306 e. The molecule has 0 aliphatic heterocycles. The highest BCUT2D eigenvalue weighted by molar-refractivity contribution is 7.99. The van der Waals surface area contributed by atoms with E-state index in [1.54, 1.807) is 11.8 Å². The molecule has 0 unspecified atom stereocenters.